The van der Waals surface area contributed by atoms with Crippen LogP contribution in [0.15, 0.2) is 0 Å². The summed E-state index contributed by atoms with van der Waals surface area (Å²) < 4.78 is 0. The minimum atomic E-state index is -0.706. The van der Waals surface area contributed by atoms with Crippen molar-refractivity contribution in [3.63, 3.8) is 0 Å². The van der Waals surface area contributed by atoms with Gasteiger partial charge in [0.05, 0.1) is 12.5 Å². The van der Waals surface area contributed by atoms with Crippen molar-refractivity contribution in [2.24, 2.45) is 5.92 Å². The Morgan fingerprint density at radius 2 is 2.50 bits per heavy atom. The van der Waals surface area contributed by atoms with Crippen LogP contribution in [0.2, 0.25) is 0 Å². The Balaban J connectivity index is 2.56. The molecule has 0 amide bonds. The molecule has 0 aromatic rings. The summed E-state index contributed by atoms with van der Waals surface area (Å²) in [7, 11) is 0. The molecule has 1 aliphatic rings. The fraction of sp³-hybridized carbons (Fsp3) is 0.667. The van der Waals surface area contributed by atoms with Gasteiger partial charge in [-0.05, 0) is 13.3 Å². The van der Waals surface area contributed by atoms with E-state index in [1.165, 1.54) is 0 Å². The van der Waals surface area contributed by atoms with Crippen LogP contribution in [0.3, 0.4) is 0 Å². The van der Waals surface area contributed by atoms with Gasteiger partial charge in [-0.25, -0.2) is 0 Å². The molecule has 1 heterocycles. The van der Waals surface area contributed by atoms with E-state index in [-0.39, 0.29) is 12.0 Å². The molecule has 3 nitrogen and oxygen atoms in total. The molecule has 0 bridgehead atoms. The molecule has 0 spiro atoms. The highest BCUT2D eigenvalue weighted by Gasteiger charge is 2.34. The number of hydrogen-bond acceptors (Lipinski definition) is 2. The maximum Gasteiger partial charge on any atom is 0.308 e. The maximum absolute atomic E-state index is 10.7. The molecule has 0 radical (unpaired) electrons. The van der Waals surface area contributed by atoms with Gasteiger partial charge in [-0.2, -0.15) is 0 Å². The molecule has 2 atom stereocenters. The van der Waals surface area contributed by atoms with Crippen LogP contribution in [0.4, 0.5) is 0 Å². The average molecular weight is 167 g/mol. The number of likely N-dealkylation sites (tertiary alicyclic amines) is 1. The van der Waals surface area contributed by atoms with Crippen LogP contribution in [0.5, 0.6) is 0 Å². The van der Waals surface area contributed by atoms with E-state index in [0.717, 1.165) is 13.0 Å². The summed E-state index contributed by atoms with van der Waals surface area (Å²) in [4.78, 5) is 12.7. The summed E-state index contributed by atoms with van der Waals surface area (Å²) in [5.41, 5.74) is 0. The third-order valence-electron chi connectivity index (χ3n) is 2.50. The van der Waals surface area contributed by atoms with Crippen LogP contribution in [0.1, 0.15) is 13.3 Å². The molecule has 1 N–H and O–H groups in total. The lowest BCUT2D eigenvalue weighted by Gasteiger charge is -2.19. The van der Waals surface area contributed by atoms with E-state index >= 15 is 0 Å². The summed E-state index contributed by atoms with van der Waals surface area (Å²) in [5, 5.41) is 8.79. The molecule has 1 saturated heterocycles. The minimum absolute atomic E-state index is 0.0820. The quantitative estimate of drug-likeness (QED) is 0.606. The normalized spacial score (nSPS) is 30.0. The van der Waals surface area contributed by atoms with E-state index in [2.05, 4.69) is 5.92 Å². The Hall–Kier alpha value is -1.01. The van der Waals surface area contributed by atoms with Crippen LogP contribution in [-0.2, 0) is 4.79 Å². The molecule has 0 aliphatic carbocycles. The van der Waals surface area contributed by atoms with E-state index < -0.39 is 5.97 Å². The van der Waals surface area contributed by atoms with Crippen molar-refractivity contribution in [3.05, 3.63) is 0 Å². The smallest absolute Gasteiger partial charge is 0.308 e. The van der Waals surface area contributed by atoms with Crippen molar-refractivity contribution < 1.29 is 9.90 Å². The number of aliphatic carboxylic acids is 1. The fourth-order valence-electron chi connectivity index (χ4n) is 1.67. The Morgan fingerprint density at radius 3 is 2.92 bits per heavy atom. The van der Waals surface area contributed by atoms with Crippen LogP contribution >= 0.6 is 0 Å². The zero-order chi connectivity index (χ0) is 9.14. The maximum atomic E-state index is 10.7. The van der Waals surface area contributed by atoms with Gasteiger partial charge in [-0.15, -0.1) is 6.42 Å². The van der Waals surface area contributed by atoms with Crippen molar-refractivity contribution in [2.75, 3.05) is 13.1 Å². The second-order valence-corrected chi connectivity index (χ2v) is 3.15. The summed E-state index contributed by atoms with van der Waals surface area (Å²) in [5.74, 6) is 1.59. The lowest BCUT2D eigenvalue weighted by molar-refractivity contribution is -0.142. The zero-order valence-electron chi connectivity index (χ0n) is 7.16. The van der Waals surface area contributed by atoms with Crippen molar-refractivity contribution >= 4 is 5.97 Å². The Bertz CT molecular complexity index is 219. The summed E-state index contributed by atoms with van der Waals surface area (Å²) in [6.45, 7) is 3.29. The zero-order valence-corrected chi connectivity index (χ0v) is 7.16. The highest BCUT2D eigenvalue weighted by molar-refractivity contribution is 5.71. The second-order valence-electron chi connectivity index (χ2n) is 3.15. The van der Waals surface area contributed by atoms with E-state index in [1.54, 1.807) is 0 Å². The van der Waals surface area contributed by atoms with Gasteiger partial charge < -0.3 is 5.11 Å². The van der Waals surface area contributed by atoms with E-state index in [4.69, 9.17) is 11.5 Å². The van der Waals surface area contributed by atoms with Crippen molar-refractivity contribution in [2.45, 2.75) is 19.4 Å². The first kappa shape index (κ1) is 9.08. The molecule has 12 heavy (non-hydrogen) atoms. The van der Waals surface area contributed by atoms with Crippen molar-refractivity contribution in [1.29, 1.82) is 0 Å². The molecule has 1 aliphatic heterocycles. The van der Waals surface area contributed by atoms with Crippen molar-refractivity contribution in [1.82, 2.24) is 4.90 Å². The topological polar surface area (TPSA) is 40.5 Å². The number of carboxylic acid groups (broad SMARTS) is 1. The highest BCUT2D eigenvalue weighted by Crippen LogP contribution is 2.23. The number of nitrogens with zero attached hydrogens (tertiary/aromatic N) is 1. The van der Waals surface area contributed by atoms with Gasteiger partial charge in [-0.3, -0.25) is 9.69 Å². The molecule has 0 saturated carbocycles. The van der Waals surface area contributed by atoms with Gasteiger partial charge in [-0.1, -0.05) is 5.92 Å². The molecular formula is C9H13NO2. The van der Waals surface area contributed by atoms with Crippen molar-refractivity contribution in [3.8, 4) is 12.3 Å². The molecule has 0 aromatic heterocycles. The number of carbonyl (C=O) groups is 1. The van der Waals surface area contributed by atoms with Gasteiger partial charge in [0, 0.05) is 12.6 Å². The summed E-state index contributed by atoms with van der Waals surface area (Å²) in [6, 6.07) is 0.0820. The SMILES string of the molecule is C#CCN1CCC(C(=O)O)C1C. The molecular weight excluding hydrogens is 154 g/mol. The second kappa shape index (κ2) is 3.59. The molecule has 66 valence electrons. The fourth-order valence-corrected chi connectivity index (χ4v) is 1.67. The number of rotatable bonds is 2. The van der Waals surface area contributed by atoms with Gasteiger partial charge >= 0.3 is 5.97 Å². The summed E-state index contributed by atoms with van der Waals surface area (Å²) in [6.07, 6.45) is 5.87. The Labute approximate surface area is 72.4 Å². The number of terminal acetylenes is 1. The van der Waals surface area contributed by atoms with Crippen LogP contribution < -0.4 is 0 Å². The van der Waals surface area contributed by atoms with E-state index in [9.17, 15) is 4.79 Å². The lowest BCUT2D eigenvalue weighted by Crippen LogP contribution is -2.33. The van der Waals surface area contributed by atoms with Gasteiger partial charge in [0.15, 0.2) is 0 Å². The average Bonchev–Trinajstić information content (AvgIpc) is 2.34. The first-order chi connectivity index (χ1) is 5.66. The minimum Gasteiger partial charge on any atom is -0.481 e. The Morgan fingerprint density at radius 1 is 1.83 bits per heavy atom. The third kappa shape index (κ3) is 1.59. The van der Waals surface area contributed by atoms with Gasteiger partial charge in [0.1, 0.15) is 0 Å². The van der Waals surface area contributed by atoms with Crippen LogP contribution in [-0.4, -0.2) is 35.1 Å². The van der Waals surface area contributed by atoms with E-state index in [0.29, 0.717) is 6.54 Å². The first-order valence-corrected chi connectivity index (χ1v) is 4.07. The summed E-state index contributed by atoms with van der Waals surface area (Å²) >= 11 is 0. The van der Waals surface area contributed by atoms with Crippen LogP contribution in [0, 0.1) is 18.3 Å². The third-order valence-corrected chi connectivity index (χ3v) is 2.50. The molecule has 0 aromatic carbocycles. The monoisotopic (exact) mass is 167 g/mol. The predicted octanol–water partition coefficient (Wildman–Crippen LogP) is 0.415. The van der Waals surface area contributed by atoms with Crippen LogP contribution in [0.25, 0.3) is 0 Å². The molecule has 1 rings (SSSR count). The number of carboxylic acids is 1. The number of hydrogen-bond donors (Lipinski definition) is 1. The Kier molecular flexibility index (Phi) is 2.72. The first-order valence-electron chi connectivity index (χ1n) is 4.07. The largest absolute Gasteiger partial charge is 0.481 e. The van der Waals surface area contributed by atoms with Gasteiger partial charge in [0.25, 0.3) is 0 Å². The molecule has 3 heteroatoms. The molecule has 2 unspecified atom stereocenters. The predicted molar refractivity (Wildman–Crippen MR) is 45.6 cm³/mol. The lowest BCUT2D eigenvalue weighted by atomic mass is 10.0. The van der Waals surface area contributed by atoms with Gasteiger partial charge in [0.2, 0.25) is 0 Å². The standard InChI is InChI=1S/C9H13NO2/c1-3-5-10-6-4-8(7(10)2)9(11)12/h1,7-8H,4-6H2,2H3,(H,11,12). The molecule has 1 fully saturated rings. The van der Waals surface area contributed by atoms with E-state index in [1.807, 2.05) is 11.8 Å². The highest BCUT2D eigenvalue weighted by atomic mass is 16.4.